The minimum absolute atomic E-state index is 0.251. The summed E-state index contributed by atoms with van der Waals surface area (Å²) in [7, 11) is 0. The first kappa shape index (κ1) is 15.2. The molecule has 1 heterocycles. The first-order chi connectivity index (χ1) is 9.60. The van der Waals surface area contributed by atoms with Gasteiger partial charge in [-0.05, 0) is 36.6 Å². The highest BCUT2D eigenvalue weighted by Crippen LogP contribution is 2.17. The number of aromatic amines is 1. The van der Waals surface area contributed by atoms with Crippen LogP contribution in [0, 0.1) is 0 Å². The van der Waals surface area contributed by atoms with Crippen molar-refractivity contribution in [2.75, 3.05) is 12.0 Å². The van der Waals surface area contributed by atoms with E-state index in [0.29, 0.717) is 17.3 Å². The molecule has 2 rings (SSSR count). The molecule has 3 N–H and O–H groups in total. The Morgan fingerprint density at radius 1 is 1.60 bits per heavy atom. The standard InChI is InChI=1S/C13H16ClN3O2S/c1-20-5-4-11(18)13(19)15-7-12-16-9-3-2-8(14)6-10(9)17-12/h2-3,6,11,18H,4-5,7H2,1H3,(H,15,19)(H,16,17)/t11-/m1/s1. The average molecular weight is 314 g/mol. The Labute approximate surface area is 126 Å². The number of aliphatic hydroxyl groups excluding tert-OH is 1. The lowest BCUT2D eigenvalue weighted by atomic mass is 10.2. The first-order valence-corrected chi connectivity index (χ1v) is 7.96. The number of nitrogens with one attached hydrogen (secondary N) is 2. The van der Waals surface area contributed by atoms with Crippen LogP contribution in [0.5, 0.6) is 0 Å². The van der Waals surface area contributed by atoms with Crippen LogP contribution in [0.3, 0.4) is 0 Å². The van der Waals surface area contributed by atoms with Crippen molar-refractivity contribution in [2.24, 2.45) is 0 Å². The molecule has 2 aromatic rings. The number of rotatable bonds is 6. The van der Waals surface area contributed by atoms with Crippen LogP contribution in [-0.4, -0.2) is 39.1 Å². The zero-order valence-electron chi connectivity index (χ0n) is 11.0. The summed E-state index contributed by atoms with van der Waals surface area (Å²) in [6.07, 6.45) is 1.41. The fraction of sp³-hybridized carbons (Fsp3) is 0.385. The molecule has 0 saturated heterocycles. The molecule has 1 atom stereocenters. The number of hydrogen-bond acceptors (Lipinski definition) is 4. The zero-order valence-corrected chi connectivity index (χ0v) is 12.6. The molecule has 0 unspecified atom stereocenters. The van der Waals surface area contributed by atoms with Gasteiger partial charge >= 0.3 is 0 Å². The number of carbonyl (C=O) groups excluding carboxylic acids is 1. The molecule has 0 bridgehead atoms. The summed E-state index contributed by atoms with van der Waals surface area (Å²) in [6, 6.07) is 5.36. The van der Waals surface area contributed by atoms with Crippen LogP contribution in [0.2, 0.25) is 5.02 Å². The van der Waals surface area contributed by atoms with Gasteiger partial charge in [0.2, 0.25) is 5.91 Å². The van der Waals surface area contributed by atoms with Gasteiger partial charge in [-0.2, -0.15) is 11.8 Å². The number of hydrogen-bond donors (Lipinski definition) is 3. The van der Waals surface area contributed by atoms with Gasteiger partial charge in [0.05, 0.1) is 17.6 Å². The SMILES string of the molecule is CSCC[C@@H](O)C(=O)NCc1nc2ccc(Cl)cc2[nH]1. The molecular weight excluding hydrogens is 298 g/mol. The number of halogens is 1. The van der Waals surface area contributed by atoms with Gasteiger partial charge < -0.3 is 15.4 Å². The minimum atomic E-state index is -0.971. The van der Waals surface area contributed by atoms with Gasteiger partial charge in [0.25, 0.3) is 0 Å². The van der Waals surface area contributed by atoms with Crippen LogP contribution in [0.15, 0.2) is 18.2 Å². The minimum Gasteiger partial charge on any atom is -0.383 e. The first-order valence-electron chi connectivity index (χ1n) is 6.19. The van der Waals surface area contributed by atoms with Gasteiger partial charge in [-0.15, -0.1) is 0 Å². The highest BCUT2D eigenvalue weighted by Gasteiger charge is 2.14. The molecule has 0 spiro atoms. The number of nitrogens with zero attached hydrogens (tertiary/aromatic N) is 1. The summed E-state index contributed by atoms with van der Waals surface area (Å²) >= 11 is 7.49. The van der Waals surface area contributed by atoms with E-state index >= 15 is 0 Å². The van der Waals surface area contributed by atoms with E-state index in [-0.39, 0.29) is 12.5 Å². The van der Waals surface area contributed by atoms with E-state index < -0.39 is 6.10 Å². The number of carbonyl (C=O) groups is 1. The van der Waals surface area contributed by atoms with Gasteiger partial charge in [0.15, 0.2) is 0 Å². The third-order valence-electron chi connectivity index (χ3n) is 2.82. The lowest BCUT2D eigenvalue weighted by molar-refractivity contribution is -0.129. The molecule has 0 radical (unpaired) electrons. The lowest BCUT2D eigenvalue weighted by Crippen LogP contribution is -2.34. The van der Waals surface area contributed by atoms with Crippen molar-refractivity contribution in [3.05, 3.63) is 29.0 Å². The second-order valence-corrected chi connectivity index (χ2v) is 5.78. The zero-order chi connectivity index (χ0) is 14.5. The Balaban J connectivity index is 1.93. The molecule has 7 heteroatoms. The molecule has 108 valence electrons. The molecule has 0 saturated carbocycles. The summed E-state index contributed by atoms with van der Waals surface area (Å²) < 4.78 is 0. The van der Waals surface area contributed by atoms with Gasteiger partial charge in [-0.3, -0.25) is 4.79 Å². The molecule has 0 aliphatic heterocycles. The second-order valence-electron chi connectivity index (χ2n) is 4.36. The normalized spacial score (nSPS) is 12.6. The molecule has 20 heavy (non-hydrogen) atoms. The van der Waals surface area contributed by atoms with Gasteiger partial charge in [-0.25, -0.2) is 4.98 Å². The van der Waals surface area contributed by atoms with Crippen LogP contribution in [-0.2, 0) is 11.3 Å². The van der Waals surface area contributed by atoms with E-state index in [1.54, 1.807) is 23.9 Å². The highest BCUT2D eigenvalue weighted by molar-refractivity contribution is 7.98. The van der Waals surface area contributed by atoms with Crippen molar-refractivity contribution in [3.8, 4) is 0 Å². The van der Waals surface area contributed by atoms with Crippen LogP contribution in [0.25, 0.3) is 11.0 Å². The summed E-state index contributed by atoms with van der Waals surface area (Å²) in [5.74, 6) is 1.00. The van der Waals surface area contributed by atoms with Crippen molar-refractivity contribution in [3.63, 3.8) is 0 Å². The number of thioether (sulfide) groups is 1. The Kier molecular flexibility index (Phi) is 5.28. The Morgan fingerprint density at radius 3 is 3.15 bits per heavy atom. The fourth-order valence-electron chi connectivity index (χ4n) is 1.77. The van der Waals surface area contributed by atoms with Crippen LogP contribution in [0.4, 0.5) is 0 Å². The maximum absolute atomic E-state index is 11.7. The van der Waals surface area contributed by atoms with Crippen LogP contribution >= 0.6 is 23.4 Å². The quantitative estimate of drug-likeness (QED) is 0.761. The van der Waals surface area contributed by atoms with E-state index in [9.17, 15) is 9.90 Å². The van der Waals surface area contributed by atoms with E-state index in [1.807, 2.05) is 12.3 Å². The summed E-state index contributed by atoms with van der Waals surface area (Å²) in [6.45, 7) is 0.251. The summed E-state index contributed by atoms with van der Waals surface area (Å²) in [5, 5.41) is 12.9. The monoisotopic (exact) mass is 313 g/mol. The maximum atomic E-state index is 11.7. The van der Waals surface area contributed by atoms with Crippen molar-refractivity contribution < 1.29 is 9.90 Å². The number of fused-ring (bicyclic) bond motifs is 1. The molecule has 0 aliphatic rings. The topological polar surface area (TPSA) is 78.0 Å². The van der Waals surface area contributed by atoms with Crippen molar-refractivity contribution in [2.45, 2.75) is 19.1 Å². The molecule has 5 nitrogen and oxygen atoms in total. The van der Waals surface area contributed by atoms with Crippen LogP contribution in [0.1, 0.15) is 12.2 Å². The average Bonchev–Trinajstić information content (AvgIpc) is 2.83. The van der Waals surface area contributed by atoms with Gasteiger partial charge in [0, 0.05) is 5.02 Å². The second kappa shape index (κ2) is 6.97. The van der Waals surface area contributed by atoms with Crippen LogP contribution < -0.4 is 5.32 Å². The molecule has 1 aromatic carbocycles. The Morgan fingerprint density at radius 2 is 2.40 bits per heavy atom. The summed E-state index contributed by atoms with van der Waals surface area (Å²) in [4.78, 5) is 19.1. The fourth-order valence-corrected chi connectivity index (χ4v) is 2.40. The van der Waals surface area contributed by atoms with Gasteiger partial charge in [-0.1, -0.05) is 11.6 Å². The molecule has 1 aromatic heterocycles. The smallest absolute Gasteiger partial charge is 0.249 e. The molecule has 0 aliphatic carbocycles. The Bertz CT molecular complexity index is 602. The highest BCUT2D eigenvalue weighted by atomic mass is 35.5. The number of benzene rings is 1. The number of H-pyrrole nitrogens is 1. The molecular formula is C13H16ClN3O2S. The summed E-state index contributed by atoms with van der Waals surface area (Å²) in [5.41, 5.74) is 1.62. The molecule has 1 amide bonds. The maximum Gasteiger partial charge on any atom is 0.249 e. The Hall–Kier alpha value is -1.24. The van der Waals surface area contributed by atoms with Gasteiger partial charge in [0.1, 0.15) is 11.9 Å². The third kappa shape index (κ3) is 3.88. The number of aliphatic hydroxyl groups is 1. The third-order valence-corrected chi connectivity index (χ3v) is 3.70. The lowest BCUT2D eigenvalue weighted by Gasteiger charge is -2.09. The molecule has 0 fully saturated rings. The number of imidazole rings is 1. The van der Waals surface area contributed by atoms with Crippen molar-refractivity contribution in [1.82, 2.24) is 15.3 Å². The van der Waals surface area contributed by atoms with E-state index in [0.717, 1.165) is 16.8 Å². The van der Waals surface area contributed by atoms with Crippen molar-refractivity contribution >= 4 is 40.3 Å². The number of amides is 1. The predicted molar refractivity (Wildman–Crippen MR) is 82.0 cm³/mol. The number of aromatic nitrogens is 2. The van der Waals surface area contributed by atoms with Crippen molar-refractivity contribution in [1.29, 1.82) is 0 Å². The van der Waals surface area contributed by atoms with E-state index in [2.05, 4.69) is 15.3 Å². The van der Waals surface area contributed by atoms with E-state index in [4.69, 9.17) is 11.6 Å². The van der Waals surface area contributed by atoms with E-state index in [1.165, 1.54) is 0 Å². The largest absolute Gasteiger partial charge is 0.383 e. The predicted octanol–water partition coefficient (Wildman–Crippen LogP) is 1.95.